The number of hydrogen-bond donors (Lipinski definition) is 4. The molecule has 2 atom stereocenters. The van der Waals surface area contributed by atoms with Crippen molar-refractivity contribution in [3.63, 3.8) is 0 Å². The van der Waals surface area contributed by atoms with Gasteiger partial charge in [-0.3, -0.25) is 9.58 Å². The molecule has 1 saturated heterocycles. The molecule has 4 N–H and O–H groups in total. The minimum atomic E-state index is -5.08. The summed E-state index contributed by atoms with van der Waals surface area (Å²) in [5, 5.41) is 33.6. The Labute approximate surface area is 226 Å². The number of benzene rings is 1. The molecule has 2 aromatic rings. The third-order valence-electron chi connectivity index (χ3n) is 6.75. The number of carboxylic acid groups (broad SMARTS) is 2. The van der Waals surface area contributed by atoms with Gasteiger partial charge >= 0.3 is 24.3 Å². The van der Waals surface area contributed by atoms with Crippen LogP contribution >= 0.6 is 0 Å². The second-order valence-corrected chi connectivity index (χ2v) is 9.83. The Balaban J connectivity index is 0.000000333. The standard InChI is InChI=1S/C21H30N4O.2C2HF3O2/c1-15(2)25-14-16(12-23-25)13-24(3)19-17-6-4-5-7-18(17)21(20(19)26)8-10-22-11-9-21;2*3-2(4,5)1(6)7/h4-7,12,14-15,19-20,22,26H,8-11,13H2,1-3H3;2*(H,6,7)/t19-,20+;;/m1../s1. The molecule has 1 aromatic carbocycles. The number of aliphatic hydroxyl groups excluding tert-OH is 1. The predicted molar refractivity (Wildman–Crippen MR) is 130 cm³/mol. The van der Waals surface area contributed by atoms with Crippen LogP contribution < -0.4 is 5.32 Å². The third kappa shape index (κ3) is 7.95. The molecule has 4 rings (SSSR count). The maximum Gasteiger partial charge on any atom is 0.490 e. The van der Waals surface area contributed by atoms with Crippen LogP contribution in [0.2, 0.25) is 0 Å². The van der Waals surface area contributed by atoms with Crippen LogP contribution in [0, 0.1) is 0 Å². The number of piperidine rings is 1. The Morgan fingerprint density at radius 2 is 1.57 bits per heavy atom. The number of nitrogens with one attached hydrogen (secondary N) is 1. The van der Waals surface area contributed by atoms with Gasteiger partial charge in [-0.1, -0.05) is 24.3 Å². The smallest absolute Gasteiger partial charge is 0.475 e. The first-order valence-corrected chi connectivity index (χ1v) is 12.2. The molecule has 0 bridgehead atoms. The molecule has 1 fully saturated rings. The first kappa shape index (κ1) is 33.0. The molecule has 9 nitrogen and oxygen atoms in total. The number of halogens is 6. The SMILES string of the molecule is CC(C)n1cc(CN(C)[C@@H]2c3ccccc3C3(CCNCC3)[C@H]2O)cn1.O=C(O)C(F)(F)F.O=C(O)C(F)(F)F. The van der Waals surface area contributed by atoms with Crippen molar-refractivity contribution in [2.24, 2.45) is 0 Å². The average Bonchev–Trinajstić information content (AvgIpc) is 3.41. The lowest BCUT2D eigenvalue weighted by Crippen LogP contribution is -2.48. The molecular weight excluding hydrogens is 550 g/mol. The number of alkyl halides is 6. The van der Waals surface area contributed by atoms with Crippen molar-refractivity contribution in [1.82, 2.24) is 20.0 Å². The van der Waals surface area contributed by atoms with E-state index in [1.165, 1.54) is 16.7 Å². The van der Waals surface area contributed by atoms with Gasteiger partial charge in [-0.15, -0.1) is 0 Å². The van der Waals surface area contributed by atoms with E-state index in [4.69, 9.17) is 19.8 Å². The van der Waals surface area contributed by atoms with E-state index in [0.29, 0.717) is 6.04 Å². The number of hydrogen-bond acceptors (Lipinski definition) is 6. The van der Waals surface area contributed by atoms with Crippen molar-refractivity contribution in [3.05, 3.63) is 53.3 Å². The number of carboxylic acids is 2. The fraction of sp³-hybridized carbons (Fsp3) is 0.560. The van der Waals surface area contributed by atoms with Gasteiger partial charge in [0.15, 0.2) is 0 Å². The molecule has 2 heterocycles. The minimum Gasteiger partial charge on any atom is -0.475 e. The first-order valence-electron chi connectivity index (χ1n) is 12.2. The monoisotopic (exact) mass is 582 g/mol. The number of likely N-dealkylation sites (N-methyl/N-ethyl adjacent to an activating group) is 1. The summed E-state index contributed by atoms with van der Waals surface area (Å²) in [4.78, 5) is 20.1. The van der Waals surface area contributed by atoms with Gasteiger partial charge in [-0.25, -0.2) is 9.59 Å². The van der Waals surface area contributed by atoms with E-state index in [1.807, 2.05) is 10.9 Å². The van der Waals surface area contributed by atoms with Gasteiger partial charge in [0.05, 0.1) is 18.3 Å². The largest absolute Gasteiger partial charge is 0.490 e. The highest BCUT2D eigenvalue weighted by atomic mass is 19.4. The lowest BCUT2D eigenvalue weighted by molar-refractivity contribution is -0.193. The second kappa shape index (κ2) is 13.0. The third-order valence-corrected chi connectivity index (χ3v) is 6.75. The van der Waals surface area contributed by atoms with Crippen LogP contribution in [0.3, 0.4) is 0 Å². The van der Waals surface area contributed by atoms with Gasteiger partial charge in [-0.2, -0.15) is 31.4 Å². The fourth-order valence-corrected chi connectivity index (χ4v) is 4.88. The van der Waals surface area contributed by atoms with Gasteiger partial charge in [0, 0.05) is 29.8 Å². The van der Waals surface area contributed by atoms with Crippen molar-refractivity contribution in [2.45, 2.75) is 69.2 Å². The van der Waals surface area contributed by atoms with Crippen molar-refractivity contribution < 1.29 is 51.3 Å². The average molecular weight is 583 g/mol. The van der Waals surface area contributed by atoms with Crippen molar-refractivity contribution in [1.29, 1.82) is 0 Å². The summed E-state index contributed by atoms with van der Waals surface area (Å²) >= 11 is 0. The lowest BCUT2D eigenvalue weighted by atomic mass is 9.72. The highest BCUT2D eigenvalue weighted by Crippen LogP contribution is 2.51. The molecule has 1 aromatic heterocycles. The number of rotatable bonds is 4. The number of fused-ring (bicyclic) bond motifs is 2. The van der Waals surface area contributed by atoms with Gasteiger partial charge < -0.3 is 20.6 Å². The Kier molecular flexibility index (Phi) is 10.7. The Morgan fingerprint density at radius 3 is 2.02 bits per heavy atom. The summed E-state index contributed by atoms with van der Waals surface area (Å²) in [6.07, 6.45) is -4.47. The quantitative estimate of drug-likeness (QED) is 0.400. The van der Waals surface area contributed by atoms with Crippen molar-refractivity contribution in [2.75, 3.05) is 20.1 Å². The molecule has 1 aliphatic heterocycles. The zero-order valence-corrected chi connectivity index (χ0v) is 22.0. The maximum absolute atomic E-state index is 11.4. The molecule has 0 saturated carbocycles. The van der Waals surface area contributed by atoms with Gasteiger partial charge in [0.25, 0.3) is 0 Å². The summed E-state index contributed by atoms with van der Waals surface area (Å²) < 4.78 is 65.5. The van der Waals surface area contributed by atoms with Crippen LogP contribution in [0.1, 0.15) is 55.5 Å². The Bertz CT molecular complexity index is 1120. The molecular formula is C25H32F6N4O5. The number of nitrogens with zero attached hydrogens (tertiary/aromatic N) is 3. The van der Waals surface area contributed by atoms with E-state index >= 15 is 0 Å². The van der Waals surface area contributed by atoms with Crippen molar-refractivity contribution in [3.8, 4) is 0 Å². The van der Waals surface area contributed by atoms with Gasteiger partial charge in [0.1, 0.15) is 0 Å². The second-order valence-electron chi connectivity index (χ2n) is 9.83. The van der Waals surface area contributed by atoms with Crippen LogP contribution in [0.15, 0.2) is 36.7 Å². The number of aromatic nitrogens is 2. The molecule has 1 spiro atoms. The molecule has 1 aliphatic carbocycles. The molecule has 0 amide bonds. The van der Waals surface area contributed by atoms with E-state index in [-0.39, 0.29) is 17.6 Å². The Morgan fingerprint density at radius 1 is 1.07 bits per heavy atom. The van der Waals surface area contributed by atoms with Crippen LogP contribution in [-0.4, -0.2) is 80.5 Å². The topological polar surface area (TPSA) is 128 Å². The zero-order valence-electron chi connectivity index (χ0n) is 22.0. The van der Waals surface area contributed by atoms with Crippen molar-refractivity contribution >= 4 is 11.9 Å². The van der Waals surface area contributed by atoms with E-state index in [2.05, 4.69) is 66.7 Å². The molecule has 0 unspecified atom stereocenters. The van der Waals surface area contributed by atoms with E-state index < -0.39 is 24.3 Å². The van der Waals surface area contributed by atoms with Crippen LogP contribution in [0.5, 0.6) is 0 Å². The zero-order chi connectivity index (χ0) is 30.5. The Hall–Kier alpha value is -3.17. The van der Waals surface area contributed by atoms with Crippen LogP contribution in [0.4, 0.5) is 26.3 Å². The predicted octanol–water partition coefficient (Wildman–Crippen LogP) is 3.90. The molecule has 2 aliphatic rings. The number of aliphatic carboxylic acids is 2. The van der Waals surface area contributed by atoms with E-state index in [0.717, 1.165) is 32.5 Å². The first-order chi connectivity index (χ1) is 18.4. The molecule has 0 radical (unpaired) electrons. The summed E-state index contributed by atoms with van der Waals surface area (Å²) in [6, 6.07) is 9.05. The van der Waals surface area contributed by atoms with E-state index in [9.17, 15) is 31.4 Å². The highest BCUT2D eigenvalue weighted by Gasteiger charge is 2.52. The maximum atomic E-state index is 11.4. The fourth-order valence-electron chi connectivity index (χ4n) is 4.88. The normalized spacial score (nSPS) is 19.9. The van der Waals surface area contributed by atoms with E-state index in [1.54, 1.807) is 0 Å². The summed E-state index contributed by atoms with van der Waals surface area (Å²) in [5.41, 5.74) is 3.73. The van der Waals surface area contributed by atoms with Crippen LogP contribution in [-0.2, 0) is 21.5 Å². The number of aliphatic hydroxyl groups is 1. The minimum absolute atomic E-state index is 0.0340. The summed E-state index contributed by atoms with van der Waals surface area (Å²) in [6.45, 7) is 7.01. The summed E-state index contributed by atoms with van der Waals surface area (Å²) in [5.74, 6) is -5.51. The summed E-state index contributed by atoms with van der Waals surface area (Å²) in [7, 11) is 2.12. The molecule has 40 heavy (non-hydrogen) atoms. The van der Waals surface area contributed by atoms with Crippen LogP contribution in [0.25, 0.3) is 0 Å². The van der Waals surface area contributed by atoms with Gasteiger partial charge in [0.2, 0.25) is 0 Å². The van der Waals surface area contributed by atoms with Gasteiger partial charge in [-0.05, 0) is 58.0 Å². The number of carbonyl (C=O) groups is 2. The molecule has 15 heteroatoms. The lowest BCUT2D eigenvalue weighted by Gasteiger charge is -2.40. The molecule has 224 valence electrons. The highest BCUT2D eigenvalue weighted by molar-refractivity contribution is 5.73.